The van der Waals surface area contributed by atoms with Crippen molar-refractivity contribution in [3.63, 3.8) is 0 Å². The van der Waals surface area contributed by atoms with E-state index in [9.17, 15) is 0 Å². The summed E-state index contributed by atoms with van der Waals surface area (Å²) in [6.07, 6.45) is 0.542. The molecule has 2 aromatic rings. The van der Waals surface area contributed by atoms with Gasteiger partial charge < -0.3 is 19.7 Å². The number of rotatable bonds is 7. The number of methoxy groups -OCH3 is 1. The number of aryl methyl sites for hydroxylation is 1. The zero-order valence-electron chi connectivity index (χ0n) is 11.7. The summed E-state index contributed by atoms with van der Waals surface area (Å²) in [4.78, 5) is 4.21. The highest BCUT2D eigenvalue weighted by atomic mass is 16.5. The molecule has 6 nitrogen and oxygen atoms in total. The molecule has 0 saturated carbocycles. The average Bonchev–Trinajstić information content (AvgIpc) is 2.88. The molecule has 0 bridgehead atoms. The molecule has 1 aromatic heterocycles. The first-order valence-electron chi connectivity index (χ1n) is 6.45. The van der Waals surface area contributed by atoms with Crippen LogP contribution in [0.2, 0.25) is 0 Å². The summed E-state index contributed by atoms with van der Waals surface area (Å²) >= 11 is 0. The van der Waals surface area contributed by atoms with Gasteiger partial charge in [0.2, 0.25) is 5.89 Å². The number of hydrogen-bond acceptors (Lipinski definition) is 6. The molecule has 2 N–H and O–H groups in total. The smallest absolute Gasteiger partial charge is 0.230 e. The van der Waals surface area contributed by atoms with E-state index in [0.717, 1.165) is 11.3 Å². The molecule has 0 saturated heterocycles. The molecule has 0 spiro atoms. The van der Waals surface area contributed by atoms with Crippen LogP contribution in [0.3, 0.4) is 0 Å². The van der Waals surface area contributed by atoms with Gasteiger partial charge in [-0.15, -0.1) is 0 Å². The van der Waals surface area contributed by atoms with Crippen LogP contribution in [0.1, 0.15) is 23.3 Å². The lowest BCUT2D eigenvalue weighted by atomic mass is 10.2. The molecule has 1 aromatic carbocycles. The molecule has 1 heterocycles. The molecule has 2 rings (SSSR count). The SMILES string of the molecule is COCC(N)c1noc(CCOc2cccc(C)c2)n1. The van der Waals surface area contributed by atoms with Crippen molar-refractivity contribution in [2.75, 3.05) is 20.3 Å². The first-order chi connectivity index (χ1) is 9.69. The maximum absolute atomic E-state index is 5.81. The average molecular weight is 277 g/mol. The summed E-state index contributed by atoms with van der Waals surface area (Å²) in [5.74, 6) is 1.80. The van der Waals surface area contributed by atoms with E-state index in [4.69, 9.17) is 19.7 Å². The molecule has 6 heteroatoms. The van der Waals surface area contributed by atoms with Crippen molar-refractivity contribution >= 4 is 0 Å². The van der Waals surface area contributed by atoms with E-state index in [1.807, 2.05) is 31.2 Å². The second kappa shape index (κ2) is 7.02. The van der Waals surface area contributed by atoms with E-state index in [-0.39, 0.29) is 6.04 Å². The van der Waals surface area contributed by atoms with Crippen LogP contribution in [0.5, 0.6) is 5.75 Å². The molecule has 0 radical (unpaired) electrons. The predicted octanol–water partition coefficient (Wildman–Crippen LogP) is 1.65. The third-order valence-electron chi connectivity index (χ3n) is 2.74. The Labute approximate surface area is 117 Å². The van der Waals surface area contributed by atoms with Crippen molar-refractivity contribution in [2.24, 2.45) is 5.73 Å². The van der Waals surface area contributed by atoms with Crippen molar-refractivity contribution in [3.05, 3.63) is 41.5 Å². The zero-order valence-corrected chi connectivity index (χ0v) is 11.7. The van der Waals surface area contributed by atoms with Crippen LogP contribution in [-0.4, -0.2) is 30.5 Å². The second-order valence-electron chi connectivity index (χ2n) is 4.52. The highest BCUT2D eigenvalue weighted by Gasteiger charge is 2.13. The molecule has 0 fully saturated rings. The van der Waals surface area contributed by atoms with Gasteiger partial charge in [0.25, 0.3) is 0 Å². The minimum atomic E-state index is -0.366. The van der Waals surface area contributed by atoms with Crippen molar-refractivity contribution in [1.29, 1.82) is 0 Å². The van der Waals surface area contributed by atoms with Gasteiger partial charge in [0.1, 0.15) is 5.75 Å². The van der Waals surface area contributed by atoms with E-state index in [1.165, 1.54) is 0 Å². The fourth-order valence-corrected chi connectivity index (χ4v) is 1.74. The topological polar surface area (TPSA) is 83.4 Å². The van der Waals surface area contributed by atoms with Crippen LogP contribution < -0.4 is 10.5 Å². The number of aromatic nitrogens is 2. The van der Waals surface area contributed by atoms with Gasteiger partial charge in [0.05, 0.1) is 25.7 Å². The van der Waals surface area contributed by atoms with Gasteiger partial charge in [-0.25, -0.2) is 0 Å². The summed E-state index contributed by atoms with van der Waals surface area (Å²) in [5.41, 5.74) is 6.97. The molecular weight excluding hydrogens is 258 g/mol. The highest BCUT2D eigenvalue weighted by molar-refractivity contribution is 5.27. The Morgan fingerprint density at radius 1 is 1.40 bits per heavy atom. The van der Waals surface area contributed by atoms with Crippen LogP contribution in [0.4, 0.5) is 0 Å². The Morgan fingerprint density at radius 3 is 3.00 bits per heavy atom. The predicted molar refractivity (Wildman–Crippen MR) is 73.5 cm³/mol. The van der Waals surface area contributed by atoms with Crippen molar-refractivity contribution in [3.8, 4) is 5.75 Å². The summed E-state index contributed by atoms with van der Waals surface area (Å²) in [7, 11) is 1.58. The molecule has 0 amide bonds. The first kappa shape index (κ1) is 14.5. The van der Waals surface area contributed by atoms with Crippen molar-refractivity contribution < 1.29 is 14.0 Å². The van der Waals surface area contributed by atoms with Crippen LogP contribution in [0.15, 0.2) is 28.8 Å². The first-order valence-corrected chi connectivity index (χ1v) is 6.45. The zero-order chi connectivity index (χ0) is 14.4. The second-order valence-corrected chi connectivity index (χ2v) is 4.52. The standard InChI is InChI=1S/C14H19N3O3/c1-10-4-3-5-11(8-10)19-7-6-13-16-14(17-20-13)12(15)9-18-2/h3-5,8,12H,6-7,9,15H2,1-2H3. The van der Waals surface area contributed by atoms with Gasteiger partial charge in [0.15, 0.2) is 5.82 Å². The van der Waals surface area contributed by atoms with Gasteiger partial charge in [-0.2, -0.15) is 4.98 Å². The van der Waals surface area contributed by atoms with Gasteiger partial charge in [0, 0.05) is 7.11 Å². The largest absolute Gasteiger partial charge is 0.493 e. The van der Waals surface area contributed by atoms with E-state index < -0.39 is 0 Å². The molecule has 1 unspecified atom stereocenters. The number of nitrogens with two attached hydrogens (primary N) is 1. The molecule has 0 aliphatic heterocycles. The summed E-state index contributed by atoms with van der Waals surface area (Å²) in [6, 6.07) is 7.51. The fraction of sp³-hybridized carbons (Fsp3) is 0.429. The minimum Gasteiger partial charge on any atom is -0.493 e. The summed E-state index contributed by atoms with van der Waals surface area (Å²) < 4.78 is 15.7. The van der Waals surface area contributed by atoms with Crippen LogP contribution in [0.25, 0.3) is 0 Å². The number of hydrogen-bond donors (Lipinski definition) is 1. The van der Waals surface area contributed by atoms with Crippen LogP contribution >= 0.6 is 0 Å². The Bertz CT molecular complexity index is 542. The quantitative estimate of drug-likeness (QED) is 0.828. The molecule has 1 atom stereocenters. The highest BCUT2D eigenvalue weighted by Crippen LogP contribution is 2.13. The van der Waals surface area contributed by atoms with Gasteiger partial charge >= 0.3 is 0 Å². The van der Waals surface area contributed by atoms with E-state index in [2.05, 4.69) is 10.1 Å². The fourth-order valence-electron chi connectivity index (χ4n) is 1.74. The lowest BCUT2D eigenvalue weighted by Gasteiger charge is -2.05. The van der Waals surface area contributed by atoms with Crippen molar-refractivity contribution in [1.82, 2.24) is 10.1 Å². The van der Waals surface area contributed by atoms with E-state index in [0.29, 0.717) is 31.3 Å². The van der Waals surface area contributed by atoms with Gasteiger partial charge in [-0.3, -0.25) is 0 Å². The monoisotopic (exact) mass is 277 g/mol. The van der Waals surface area contributed by atoms with Crippen LogP contribution in [-0.2, 0) is 11.2 Å². The third kappa shape index (κ3) is 4.04. The van der Waals surface area contributed by atoms with Gasteiger partial charge in [-0.05, 0) is 24.6 Å². The lowest BCUT2D eigenvalue weighted by molar-refractivity contribution is 0.177. The van der Waals surface area contributed by atoms with Crippen LogP contribution in [0, 0.1) is 6.92 Å². The Balaban J connectivity index is 1.82. The molecule has 0 aliphatic rings. The van der Waals surface area contributed by atoms with E-state index >= 15 is 0 Å². The Kier molecular flexibility index (Phi) is 5.09. The molecule has 20 heavy (non-hydrogen) atoms. The molecular formula is C14H19N3O3. The summed E-state index contributed by atoms with van der Waals surface area (Å²) in [5, 5.41) is 3.83. The number of nitrogens with zero attached hydrogens (tertiary/aromatic N) is 2. The number of benzene rings is 1. The van der Waals surface area contributed by atoms with Gasteiger partial charge in [-0.1, -0.05) is 17.3 Å². The molecule has 108 valence electrons. The van der Waals surface area contributed by atoms with E-state index in [1.54, 1.807) is 7.11 Å². The van der Waals surface area contributed by atoms with Crippen molar-refractivity contribution in [2.45, 2.75) is 19.4 Å². The lowest BCUT2D eigenvalue weighted by Crippen LogP contribution is -2.17. The number of ether oxygens (including phenoxy) is 2. The maximum atomic E-state index is 5.81. The Morgan fingerprint density at radius 2 is 2.25 bits per heavy atom. The minimum absolute atomic E-state index is 0.360. The normalized spacial score (nSPS) is 12.3. The molecule has 0 aliphatic carbocycles. The maximum Gasteiger partial charge on any atom is 0.230 e. The third-order valence-corrected chi connectivity index (χ3v) is 2.74. The summed E-state index contributed by atoms with van der Waals surface area (Å²) in [6.45, 7) is 2.86. The Hall–Kier alpha value is -1.92.